The SMILES string of the molecule is O=C1c2c[nH+]c3c([n+]2C(=O)N1c1ccc(Cl)cc1)CCCC3. The van der Waals surface area contributed by atoms with Crippen LogP contribution in [0.4, 0.5) is 10.5 Å². The van der Waals surface area contributed by atoms with Gasteiger partial charge < -0.3 is 0 Å². The van der Waals surface area contributed by atoms with Crippen LogP contribution < -0.4 is 14.5 Å². The number of amides is 2. The van der Waals surface area contributed by atoms with Crippen LogP contribution >= 0.6 is 11.6 Å². The Kier molecular flexibility index (Phi) is 2.97. The zero-order chi connectivity index (χ0) is 15.3. The van der Waals surface area contributed by atoms with Crippen molar-refractivity contribution in [1.29, 1.82) is 0 Å². The molecule has 1 aromatic heterocycles. The van der Waals surface area contributed by atoms with Crippen LogP contribution in [0, 0.1) is 0 Å². The molecule has 5 nitrogen and oxygen atoms in total. The van der Waals surface area contributed by atoms with Gasteiger partial charge in [0.15, 0.2) is 5.69 Å². The lowest BCUT2D eigenvalue weighted by molar-refractivity contribution is -0.596. The van der Waals surface area contributed by atoms with Crippen molar-refractivity contribution >= 4 is 29.2 Å². The largest absolute Gasteiger partial charge is 0.512 e. The highest BCUT2D eigenvalue weighted by Crippen LogP contribution is 2.24. The van der Waals surface area contributed by atoms with Gasteiger partial charge in [-0.05, 0) is 37.1 Å². The van der Waals surface area contributed by atoms with Gasteiger partial charge in [-0.2, -0.15) is 4.79 Å². The summed E-state index contributed by atoms with van der Waals surface area (Å²) in [5.74, 6) is -0.308. The van der Waals surface area contributed by atoms with E-state index >= 15 is 0 Å². The number of nitrogens with zero attached hydrogens (tertiary/aromatic N) is 2. The van der Waals surface area contributed by atoms with E-state index in [0.717, 1.165) is 37.1 Å². The quantitative estimate of drug-likeness (QED) is 0.755. The van der Waals surface area contributed by atoms with Crippen LogP contribution in [0.25, 0.3) is 0 Å². The molecule has 0 radical (unpaired) electrons. The molecule has 6 heteroatoms. The van der Waals surface area contributed by atoms with E-state index < -0.39 is 0 Å². The Morgan fingerprint density at radius 3 is 2.59 bits per heavy atom. The number of imide groups is 1. The third kappa shape index (κ3) is 1.85. The van der Waals surface area contributed by atoms with E-state index in [1.165, 1.54) is 4.90 Å². The van der Waals surface area contributed by atoms with Crippen molar-refractivity contribution in [2.75, 3.05) is 4.90 Å². The molecule has 0 saturated heterocycles. The number of aromatic nitrogens is 2. The Labute approximate surface area is 132 Å². The molecule has 2 amide bonds. The van der Waals surface area contributed by atoms with Crippen LogP contribution in [0.15, 0.2) is 30.5 Å². The molecule has 110 valence electrons. The van der Waals surface area contributed by atoms with E-state index in [2.05, 4.69) is 4.98 Å². The van der Waals surface area contributed by atoms with Crippen molar-refractivity contribution in [3.63, 3.8) is 0 Å². The minimum absolute atomic E-state index is 0.308. The van der Waals surface area contributed by atoms with Crippen LogP contribution in [-0.2, 0) is 12.8 Å². The zero-order valence-corrected chi connectivity index (χ0v) is 12.6. The van der Waals surface area contributed by atoms with Crippen molar-refractivity contribution in [3.05, 3.63) is 52.6 Å². The minimum Gasteiger partial charge on any atom is -0.236 e. The number of hydrogen-bond donors (Lipinski definition) is 0. The van der Waals surface area contributed by atoms with Gasteiger partial charge in [0, 0.05) is 17.9 Å². The summed E-state index contributed by atoms with van der Waals surface area (Å²) in [5.41, 5.74) is 2.90. The van der Waals surface area contributed by atoms with E-state index in [0.29, 0.717) is 16.4 Å². The first kappa shape index (κ1) is 13.4. The van der Waals surface area contributed by atoms with Gasteiger partial charge in [-0.1, -0.05) is 11.6 Å². The number of fused-ring (bicyclic) bond motifs is 3. The molecule has 4 rings (SSSR count). The normalized spacial score (nSPS) is 16.7. The fourth-order valence-corrected chi connectivity index (χ4v) is 3.28. The number of carbonyl (C=O) groups is 2. The molecule has 1 aliphatic heterocycles. The molecule has 0 bridgehead atoms. The Morgan fingerprint density at radius 2 is 1.82 bits per heavy atom. The lowest BCUT2D eigenvalue weighted by Gasteiger charge is -2.09. The van der Waals surface area contributed by atoms with Crippen molar-refractivity contribution in [2.24, 2.45) is 0 Å². The van der Waals surface area contributed by atoms with Gasteiger partial charge >= 0.3 is 11.9 Å². The van der Waals surface area contributed by atoms with Crippen molar-refractivity contribution < 1.29 is 19.1 Å². The highest BCUT2D eigenvalue weighted by Gasteiger charge is 2.51. The second-order valence-electron chi connectivity index (χ2n) is 5.54. The highest BCUT2D eigenvalue weighted by atomic mass is 35.5. The van der Waals surface area contributed by atoms with Gasteiger partial charge in [0.1, 0.15) is 5.69 Å². The van der Waals surface area contributed by atoms with E-state index in [1.807, 2.05) is 0 Å². The van der Waals surface area contributed by atoms with Crippen molar-refractivity contribution in [1.82, 2.24) is 0 Å². The number of aromatic amines is 1. The smallest absolute Gasteiger partial charge is 0.236 e. The Bertz CT molecular complexity index is 802. The van der Waals surface area contributed by atoms with Gasteiger partial charge in [0.2, 0.25) is 11.9 Å². The summed E-state index contributed by atoms with van der Waals surface area (Å²) in [7, 11) is 0. The predicted octanol–water partition coefficient (Wildman–Crippen LogP) is 1.95. The second kappa shape index (κ2) is 4.88. The van der Waals surface area contributed by atoms with Crippen LogP contribution in [0.5, 0.6) is 0 Å². The number of nitrogens with one attached hydrogen (secondary N) is 1. The first-order valence-electron chi connectivity index (χ1n) is 7.29. The third-order valence-electron chi connectivity index (χ3n) is 4.22. The number of carbonyl (C=O) groups excluding carboxylic acids is 2. The summed E-state index contributed by atoms with van der Waals surface area (Å²) in [6, 6.07) is 6.40. The Balaban J connectivity index is 1.84. The lowest BCUT2D eigenvalue weighted by Crippen LogP contribution is -2.52. The van der Waals surface area contributed by atoms with Crippen LogP contribution in [0.3, 0.4) is 0 Å². The number of H-pyrrole nitrogens is 1. The Hall–Kier alpha value is -2.27. The molecule has 2 aromatic rings. The minimum atomic E-state index is -0.311. The summed E-state index contributed by atoms with van der Waals surface area (Å²) < 4.78 is 1.56. The maximum absolute atomic E-state index is 12.8. The van der Waals surface area contributed by atoms with Crippen molar-refractivity contribution in [2.45, 2.75) is 25.7 Å². The molecule has 0 atom stereocenters. The maximum Gasteiger partial charge on any atom is 0.512 e. The molecular formula is C16H14ClN3O2+2. The molecule has 1 aliphatic carbocycles. The fourth-order valence-electron chi connectivity index (χ4n) is 3.15. The van der Waals surface area contributed by atoms with Gasteiger partial charge in [0.05, 0.1) is 0 Å². The molecule has 0 saturated carbocycles. The topological polar surface area (TPSA) is 55.4 Å². The average molecular weight is 316 g/mol. The van der Waals surface area contributed by atoms with E-state index in [-0.39, 0.29) is 11.9 Å². The molecule has 2 heterocycles. The second-order valence-corrected chi connectivity index (χ2v) is 5.98. The van der Waals surface area contributed by atoms with Gasteiger partial charge in [-0.15, -0.1) is 9.47 Å². The molecule has 1 N–H and O–H groups in total. The Morgan fingerprint density at radius 1 is 1.09 bits per heavy atom. The predicted molar refractivity (Wildman–Crippen MR) is 78.9 cm³/mol. The zero-order valence-electron chi connectivity index (χ0n) is 11.8. The third-order valence-corrected chi connectivity index (χ3v) is 4.47. The van der Waals surface area contributed by atoms with E-state index in [4.69, 9.17) is 11.6 Å². The number of hydrogen-bond acceptors (Lipinski definition) is 2. The van der Waals surface area contributed by atoms with Gasteiger partial charge in [-0.25, -0.2) is 9.78 Å². The van der Waals surface area contributed by atoms with Crippen LogP contribution in [0.2, 0.25) is 5.02 Å². The summed E-state index contributed by atoms with van der Waals surface area (Å²) >= 11 is 5.88. The van der Waals surface area contributed by atoms with Crippen LogP contribution in [0.1, 0.15) is 34.7 Å². The van der Waals surface area contributed by atoms with Crippen LogP contribution in [-0.4, -0.2) is 11.9 Å². The number of aryl methyl sites for hydroxylation is 1. The van der Waals surface area contributed by atoms with Crippen molar-refractivity contribution in [3.8, 4) is 0 Å². The number of benzene rings is 1. The first-order valence-corrected chi connectivity index (χ1v) is 7.67. The number of anilines is 1. The van der Waals surface area contributed by atoms with Gasteiger partial charge in [-0.3, -0.25) is 0 Å². The average Bonchev–Trinajstić information content (AvgIpc) is 2.80. The summed E-state index contributed by atoms with van der Waals surface area (Å²) in [5, 5.41) is 0.568. The number of halogens is 1. The van der Waals surface area contributed by atoms with E-state index in [9.17, 15) is 9.59 Å². The standard InChI is InChI=1S/C16H13ClN3O2/c17-10-5-7-11(8-6-10)19-15(21)14-9-18-12-3-1-2-4-13(12)20(14)16(19)22/h5-9H,1-4H2/q+1/p+1. The number of rotatable bonds is 1. The first-order chi connectivity index (χ1) is 10.7. The summed E-state index contributed by atoms with van der Waals surface area (Å²) in [6.45, 7) is 0. The highest BCUT2D eigenvalue weighted by molar-refractivity contribution is 6.30. The fraction of sp³-hybridized carbons (Fsp3) is 0.250. The summed E-state index contributed by atoms with van der Waals surface area (Å²) in [4.78, 5) is 29.8. The molecule has 22 heavy (non-hydrogen) atoms. The molecule has 0 spiro atoms. The molecule has 2 aliphatic rings. The monoisotopic (exact) mass is 315 g/mol. The lowest BCUT2D eigenvalue weighted by atomic mass is 10.00. The molecule has 1 aromatic carbocycles. The summed E-state index contributed by atoms with van der Waals surface area (Å²) in [6.07, 6.45) is 5.50. The molecule has 0 fully saturated rings. The van der Waals surface area contributed by atoms with E-state index in [1.54, 1.807) is 35.0 Å². The van der Waals surface area contributed by atoms with Gasteiger partial charge in [0.25, 0.3) is 5.69 Å². The maximum atomic E-state index is 12.8. The molecule has 0 unspecified atom stereocenters. The molecular weight excluding hydrogens is 302 g/mol.